The zero-order valence-corrected chi connectivity index (χ0v) is 11.9. The molecule has 0 saturated carbocycles. The number of nitrogens with zero attached hydrogens (tertiary/aromatic N) is 5. The second kappa shape index (κ2) is 6.00. The van der Waals surface area contributed by atoms with Gasteiger partial charge in [-0.15, -0.1) is 11.3 Å². The van der Waals surface area contributed by atoms with Crippen LogP contribution >= 0.6 is 11.3 Å². The van der Waals surface area contributed by atoms with Crippen LogP contribution in [0.4, 0.5) is 17.8 Å². The van der Waals surface area contributed by atoms with E-state index in [0.717, 1.165) is 18.0 Å². The van der Waals surface area contributed by atoms with Gasteiger partial charge in [0.05, 0.1) is 12.1 Å². The van der Waals surface area contributed by atoms with E-state index in [9.17, 15) is 0 Å². The smallest absolute Gasteiger partial charge is 0.231 e. The Labute approximate surface area is 121 Å². The number of rotatable bonds is 4. The first kappa shape index (κ1) is 13.0. The van der Waals surface area contributed by atoms with Gasteiger partial charge < -0.3 is 16.0 Å². The largest absolute Gasteiger partial charge is 0.368 e. The van der Waals surface area contributed by atoms with Gasteiger partial charge in [0.25, 0.3) is 0 Å². The van der Waals surface area contributed by atoms with E-state index in [4.69, 9.17) is 5.73 Å². The Kier molecular flexibility index (Phi) is 3.91. The van der Waals surface area contributed by atoms with Crippen LogP contribution in [-0.4, -0.2) is 33.0 Å². The van der Waals surface area contributed by atoms with Crippen LogP contribution in [0.3, 0.4) is 0 Å². The highest BCUT2D eigenvalue weighted by Crippen LogP contribution is 2.18. The summed E-state index contributed by atoms with van der Waals surface area (Å²) in [6.45, 7) is 2.61. The highest BCUT2D eigenvalue weighted by molar-refractivity contribution is 7.09. The Morgan fingerprint density at radius 2 is 2.05 bits per heavy atom. The molecule has 2 aromatic heterocycles. The maximum Gasteiger partial charge on any atom is 0.231 e. The molecule has 8 heteroatoms. The van der Waals surface area contributed by atoms with Crippen molar-refractivity contribution in [3.63, 3.8) is 0 Å². The van der Waals surface area contributed by atoms with Gasteiger partial charge in [-0.1, -0.05) is 0 Å². The number of anilines is 3. The van der Waals surface area contributed by atoms with Gasteiger partial charge in [0.2, 0.25) is 17.8 Å². The van der Waals surface area contributed by atoms with Gasteiger partial charge in [0, 0.05) is 24.2 Å². The number of nitrogens with two attached hydrogens (primary N) is 1. The predicted molar refractivity (Wildman–Crippen MR) is 79.7 cm³/mol. The summed E-state index contributed by atoms with van der Waals surface area (Å²) in [6, 6.07) is 0. The van der Waals surface area contributed by atoms with Crippen molar-refractivity contribution in [1.29, 1.82) is 0 Å². The SMILES string of the molecule is Nc1nc(NCc2cncs2)nc(N2CCCCC2)n1. The lowest BCUT2D eigenvalue weighted by Gasteiger charge is -2.26. The Morgan fingerprint density at radius 3 is 2.80 bits per heavy atom. The number of hydrogen-bond donors (Lipinski definition) is 2. The number of hydrogen-bond acceptors (Lipinski definition) is 8. The normalized spacial score (nSPS) is 15.3. The van der Waals surface area contributed by atoms with Crippen molar-refractivity contribution in [2.75, 3.05) is 29.0 Å². The number of nitrogens with one attached hydrogen (secondary N) is 1. The molecule has 1 aliphatic rings. The Morgan fingerprint density at radius 1 is 1.20 bits per heavy atom. The minimum atomic E-state index is 0.257. The van der Waals surface area contributed by atoms with Crippen molar-refractivity contribution >= 4 is 29.2 Å². The van der Waals surface area contributed by atoms with Crippen molar-refractivity contribution in [2.24, 2.45) is 0 Å². The van der Waals surface area contributed by atoms with Crippen LogP contribution < -0.4 is 16.0 Å². The molecule has 0 radical (unpaired) electrons. The summed E-state index contributed by atoms with van der Waals surface area (Å²) in [5.74, 6) is 1.45. The topological polar surface area (TPSA) is 92.8 Å². The third-order valence-electron chi connectivity index (χ3n) is 3.18. The number of piperidine rings is 1. The number of aromatic nitrogens is 4. The maximum atomic E-state index is 5.78. The molecule has 0 amide bonds. The van der Waals surface area contributed by atoms with Crippen LogP contribution in [0.5, 0.6) is 0 Å². The van der Waals surface area contributed by atoms with Gasteiger partial charge in [-0.2, -0.15) is 15.0 Å². The molecule has 0 aliphatic carbocycles. The van der Waals surface area contributed by atoms with E-state index in [0.29, 0.717) is 18.4 Å². The summed E-state index contributed by atoms with van der Waals surface area (Å²) in [6.07, 6.45) is 5.45. The van der Waals surface area contributed by atoms with Gasteiger partial charge in [-0.05, 0) is 19.3 Å². The standard InChI is InChI=1S/C12H17N7S/c13-10-16-11(15-7-9-6-14-8-20-9)18-12(17-10)19-4-2-1-3-5-19/h6,8H,1-5,7H2,(H3,13,15,16,17,18). The van der Waals surface area contributed by atoms with Crippen LogP contribution in [0.15, 0.2) is 11.7 Å². The van der Waals surface area contributed by atoms with Crippen LogP contribution in [0.25, 0.3) is 0 Å². The summed E-state index contributed by atoms with van der Waals surface area (Å²) in [5, 5.41) is 3.17. The van der Waals surface area contributed by atoms with Gasteiger partial charge in [-0.3, -0.25) is 4.98 Å². The van der Waals surface area contributed by atoms with Gasteiger partial charge >= 0.3 is 0 Å². The molecule has 1 aliphatic heterocycles. The lowest BCUT2D eigenvalue weighted by atomic mass is 10.1. The van der Waals surface area contributed by atoms with Crippen molar-refractivity contribution in [2.45, 2.75) is 25.8 Å². The van der Waals surface area contributed by atoms with E-state index in [1.165, 1.54) is 19.3 Å². The molecule has 0 bridgehead atoms. The molecule has 0 unspecified atom stereocenters. The monoisotopic (exact) mass is 291 g/mol. The fourth-order valence-corrected chi connectivity index (χ4v) is 2.72. The van der Waals surface area contributed by atoms with Crippen LogP contribution in [0.1, 0.15) is 24.1 Å². The molecule has 0 aromatic carbocycles. The average Bonchev–Trinajstić information content (AvgIpc) is 2.99. The molecule has 7 nitrogen and oxygen atoms in total. The summed E-state index contributed by atoms with van der Waals surface area (Å²) >= 11 is 1.59. The van der Waals surface area contributed by atoms with E-state index in [-0.39, 0.29) is 5.95 Å². The molecule has 1 fully saturated rings. The molecule has 3 heterocycles. The van der Waals surface area contributed by atoms with Crippen LogP contribution in [0, 0.1) is 0 Å². The van der Waals surface area contributed by atoms with Crippen molar-refractivity contribution in [3.8, 4) is 0 Å². The van der Waals surface area contributed by atoms with Crippen LogP contribution in [-0.2, 0) is 6.54 Å². The predicted octanol–water partition coefficient (Wildman–Crippen LogP) is 1.51. The summed E-state index contributed by atoms with van der Waals surface area (Å²) in [7, 11) is 0. The minimum Gasteiger partial charge on any atom is -0.368 e. The van der Waals surface area contributed by atoms with E-state index < -0.39 is 0 Å². The molecule has 106 valence electrons. The fourth-order valence-electron chi connectivity index (χ4n) is 2.19. The lowest BCUT2D eigenvalue weighted by molar-refractivity contribution is 0.568. The zero-order chi connectivity index (χ0) is 13.8. The lowest BCUT2D eigenvalue weighted by Crippen LogP contribution is -2.31. The zero-order valence-electron chi connectivity index (χ0n) is 11.1. The fraction of sp³-hybridized carbons (Fsp3) is 0.500. The Hall–Kier alpha value is -1.96. The van der Waals surface area contributed by atoms with Gasteiger partial charge in [0.1, 0.15) is 0 Å². The van der Waals surface area contributed by atoms with Crippen molar-refractivity contribution in [1.82, 2.24) is 19.9 Å². The highest BCUT2D eigenvalue weighted by atomic mass is 32.1. The molecular weight excluding hydrogens is 274 g/mol. The third kappa shape index (κ3) is 3.13. The summed E-state index contributed by atoms with van der Waals surface area (Å²) in [4.78, 5) is 20.1. The van der Waals surface area contributed by atoms with Crippen molar-refractivity contribution in [3.05, 3.63) is 16.6 Å². The Balaban J connectivity index is 1.72. The van der Waals surface area contributed by atoms with E-state index in [2.05, 4.69) is 30.2 Å². The van der Waals surface area contributed by atoms with Crippen LogP contribution in [0.2, 0.25) is 0 Å². The molecule has 1 saturated heterocycles. The van der Waals surface area contributed by atoms with E-state index in [1.807, 2.05) is 6.20 Å². The number of nitrogen functional groups attached to an aromatic ring is 1. The molecule has 3 N–H and O–H groups in total. The average molecular weight is 291 g/mol. The van der Waals surface area contributed by atoms with Gasteiger partial charge in [0.15, 0.2) is 0 Å². The quantitative estimate of drug-likeness (QED) is 0.882. The minimum absolute atomic E-state index is 0.257. The third-order valence-corrected chi connectivity index (χ3v) is 3.96. The molecule has 0 atom stereocenters. The first-order valence-electron chi connectivity index (χ1n) is 6.69. The highest BCUT2D eigenvalue weighted by Gasteiger charge is 2.15. The second-order valence-electron chi connectivity index (χ2n) is 4.69. The molecular formula is C12H17N7S. The first-order valence-corrected chi connectivity index (χ1v) is 7.57. The molecule has 0 spiro atoms. The molecule has 3 rings (SSSR count). The summed E-state index contributed by atoms with van der Waals surface area (Å²) in [5.41, 5.74) is 7.58. The molecule has 20 heavy (non-hydrogen) atoms. The van der Waals surface area contributed by atoms with Crippen molar-refractivity contribution < 1.29 is 0 Å². The second-order valence-corrected chi connectivity index (χ2v) is 5.66. The Bertz CT molecular complexity index is 551. The molecule has 2 aromatic rings. The van der Waals surface area contributed by atoms with Gasteiger partial charge in [-0.25, -0.2) is 0 Å². The van der Waals surface area contributed by atoms with E-state index >= 15 is 0 Å². The number of thiazole rings is 1. The maximum absolute atomic E-state index is 5.78. The van der Waals surface area contributed by atoms with E-state index in [1.54, 1.807) is 16.8 Å². The first-order chi connectivity index (χ1) is 9.81. The summed E-state index contributed by atoms with van der Waals surface area (Å²) < 4.78 is 0.